The molecule has 0 amide bonds. The van der Waals surface area contributed by atoms with E-state index in [2.05, 4.69) is 15.2 Å². The van der Waals surface area contributed by atoms with E-state index in [0.29, 0.717) is 23.3 Å². The van der Waals surface area contributed by atoms with Crippen molar-refractivity contribution in [3.8, 4) is 17.3 Å². The quantitative estimate of drug-likeness (QED) is 0.519. The average Bonchev–Trinajstić information content (AvgIpc) is 3.26. The highest BCUT2D eigenvalue weighted by Crippen LogP contribution is 2.27. The van der Waals surface area contributed by atoms with Crippen LogP contribution in [-0.2, 0) is 0 Å². The van der Waals surface area contributed by atoms with Crippen molar-refractivity contribution in [2.24, 2.45) is 0 Å². The third kappa shape index (κ3) is 3.68. The number of nitrogens with one attached hydrogen (secondary N) is 1. The van der Waals surface area contributed by atoms with E-state index in [4.69, 9.17) is 9.15 Å². The minimum Gasteiger partial charge on any atom is -0.494 e. The van der Waals surface area contributed by atoms with E-state index in [9.17, 15) is 4.79 Å². The van der Waals surface area contributed by atoms with Crippen molar-refractivity contribution in [2.45, 2.75) is 24.3 Å². The molecule has 2 heterocycles. The SMILES string of the molecule is CCOc1ccc(C(=O)[C@H](C)Sc2nnc(-c3ccc[nH]3)o2)cc1. The Morgan fingerprint density at radius 2 is 2.08 bits per heavy atom. The lowest BCUT2D eigenvalue weighted by atomic mass is 10.1. The van der Waals surface area contributed by atoms with Crippen molar-refractivity contribution in [1.82, 2.24) is 15.2 Å². The van der Waals surface area contributed by atoms with E-state index < -0.39 is 0 Å². The summed E-state index contributed by atoms with van der Waals surface area (Å²) in [5, 5.41) is 7.99. The molecule has 2 aromatic heterocycles. The molecular formula is C17H17N3O3S. The first-order chi connectivity index (χ1) is 11.7. The summed E-state index contributed by atoms with van der Waals surface area (Å²) in [4.78, 5) is 15.5. The molecule has 0 spiro atoms. The Morgan fingerprint density at radius 3 is 2.75 bits per heavy atom. The summed E-state index contributed by atoms with van der Waals surface area (Å²) in [5.41, 5.74) is 1.38. The number of ether oxygens (including phenoxy) is 1. The summed E-state index contributed by atoms with van der Waals surface area (Å²) in [6.45, 7) is 4.34. The predicted molar refractivity (Wildman–Crippen MR) is 91.3 cm³/mol. The van der Waals surface area contributed by atoms with Gasteiger partial charge in [0.05, 0.1) is 11.9 Å². The maximum atomic E-state index is 12.5. The molecule has 0 aliphatic rings. The van der Waals surface area contributed by atoms with Crippen molar-refractivity contribution >= 4 is 17.5 Å². The number of aromatic nitrogens is 3. The zero-order valence-electron chi connectivity index (χ0n) is 13.4. The second kappa shape index (κ2) is 7.35. The molecule has 3 aromatic rings. The number of carbonyl (C=O) groups is 1. The molecule has 0 bridgehead atoms. The Balaban J connectivity index is 1.65. The second-order valence-corrected chi connectivity index (χ2v) is 6.33. The third-order valence-corrected chi connectivity index (χ3v) is 4.27. The van der Waals surface area contributed by atoms with Gasteiger partial charge in [0.15, 0.2) is 5.78 Å². The normalized spacial score (nSPS) is 12.1. The van der Waals surface area contributed by atoms with Crippen LogP contribution in [0.4, 0.5) is 0 Å². The zero-order chi connectivity index (χ0) is 16.9. The van der Waals surface area contributed by atoms with Gasteiger partial charge in [-0.05, 0) is 50.2 Å². The standard InChI is InChI=1S/C17H17N3O3S/c1-3-22-13-8-6-12(7-9-13)15(21)11(2)24-17-20-19-16(23-17)14-5-4-10-18-14/h4-11,18H,3H2,1-2H3/t11-/m0/s1. The minimum absolute atomic E-state index is 0.00247. The molecule has 3 rings (SSSR count). The largest absolute Gasteiger partial charge is 0.494 e. The summed E-state index contributed by atoms with van der Waals surface area (Å²) in [6.07, 6.45) is 1.78. The average molecular weight is 343 g/mol. The number of nitrogens with zero attached hydrogens (tertiary/aromatic N) is 2. The Kier molecular flexibility index (Phi) is 5.00. The fraction of sp³-hybridized carbons (Fsp3) is 0.235. The van der Waals surface area contributed by atoms with Crippen LogP contribution in [0.5, 0.6) is 5.75 Å². The second-order valence-electron chi connectivity index (χ2n) is 5.04. The molecule has 0 saturated heterocycles. The fourth-order valence-electron chi connectivity index (χ4n) is 2.15. The number of rotatable bonds is 7. The number of hydrogen-bond donors (Lipinski definition) is 1. The lowest BCUT2D eigenvalue weighted by molar-refractivity contribution is 0.0993. The zero-order valence-corrected chi connectivity index (χ0v) is 14.2. The van der Waals surface area contributed by atoms with E-state index in [1.165, 1.54) is 11.8 Å². The number of aromatic amines is 1. The first kappa shape index (κ1) is 16.3. The molecule has 124 valence electrons. The third-order valence-electron chi connectivity index (χ3n) is 3.33. The predicted octanol–water partition coefficient (Wildman–Crippen LogP) is 3.83. The molecule has 0 aliphatic heterocycles. The summed E-state index contributed by atoms with van der Waals surface area (Å²) >= 11 is 1.24. The van der Waals surface area contributed by atoms with Gasteiger partial charge in [-0.25, -0.2) is 0 Å². The number of thioether (sulfide) groups is 1. The van der Waals surface area contributed by atoms with Gasteiger partial charge >= 0.3 is 0 Å². The summed E-state index contributed by atoms with van der Waals surface area (Å²) in [6, 6.07) is 10.8. The summed E-state index contributed by atoms with van der Waals surface area (Å²) < 4.78 is 11.0. The van der Waals surface area contributed by atoms with E-state index in [1.807, 2.05) is 26.0 Å². The van der Waals surface area contributed by atoms with Gasteiger partial charge in [-0.2, -0.15) is 0 Å². The molecule has 0 saturated carbocycles. The lowest BCUT2D eigenvalue weighted by Crippen LogP contribution is -2.13. The highest BCUT2D eigenvalue weighted by Gasteiger charge is 2.20. The van der Waals surface area contributed by atoms with Crippen molar-refractivity contribution in [3.05, 3.63) is 48.2 Å². The van der Waals surface area contributed by atoms with Crippen LogP contribution in [-0.4, -0.2) is 32.8 Å². The van der Waals surface area contributed by atoms with Crippen molar-refractivity contribution in [3.63, 3.8) is 0 Å². The molecule has 0 radical (unpaired) electrons. The number of Topliss-reactive ketones (excluding diaryl/α,β-unsaturated/α-hetero) is 1. The maximum Gasteiger partial charge on any atom is 0.277 e. The van der Waals surface area contributed by atoms with Crippen LogP contribution in [0.1, 0.15) is 24.2 Å². The number of benzene rings is 1. The molecule has 0 fully saturated rings. The van der Waals surface area contributed by atoms with Gasteiger partial charge in [0.2, 0.25) is 0 Å². The van der Waals surface area contributed by atoms with Crippen molar-refractivity contribution in [1.29, 1.82) is 0 Å². The van der Waals surface area contributed by atoms with Gasteiger partial charge in [-0.15, -0.1) is 10.2 Å². The minimum atomic E-state index is -0.333. The van der Waals surface area contributed by atoms with E-state index in [0.717, 1.165) is 11.4 Å². The summed E-state index contributed by atoms with van der Waals surface area (Å²) in [5.74, 6) is 1.16. The van der Waals surface area contributed by atoms with Crippen LogP contribution in [0.15, 0.2) is 52.2 Å². The maximum absolute atomic E-state index is 12.5. The lowest BCUT2D eigenvalue weighted by Gasteiger charge is -2.08. The highest BCUT2D eigenvalue weighted by molar-refractivity contribution is 8.00. The number of ketones is 1. The topological polar surface area (TPSA) is 81.0 Å². The van der Waals surface area contributed by atoms with E-state index in [1.54, 1.807) is 30.5 Å². The Morgan fingerprint density at radius 1 is 1.29 bits per heavy atom. The van der Waals surface area contributed by atoms with Gasteiger partial charge in [-0.1, -0.05) is 11.8 Å². The van der Waals surface area contributed by atoms with Crippen LogP contribution in [0.2, 0.25) is 0 Å². The van der Waals surface area contributed by atoms with Crippen molar-refractivity contribution < 1.29 is 13.9 Å². The van der Waals surface area contributed by atoms with Gasteiger partial charge in [0.25, 0.3) is 11.1 Å². The molecule has 1 aromatic carbocycles. The monoisotopic (exact) mass is 343 g/mol. The molecule has 1 N–H and O–H groups in total. The number of hydrogen-bond acceptors (Lipinski definition) is 6. The number of carbonyl (C=O) groups excluding carboxylic acids is 1. The van der Waals surface area contributed by atoms with Crippen LogP contribution < -0.4 is 4.74 Å². The summed E-state index contributed by atoms with van der Waals surface area (Å²) in [7, 11) is 0. The molecule has 6 nitrogen and oxygen atoms in total. The Bertz CT molecular complexity index is 797. The van der Waals surface area contributed by atoms with Crippen LogP contribution in [0.3, 0.4) is 0 Å². The van der Waals surface area contributed by atoms with Crippen molar-refractivity contribution in [2.75, 3.05) is 6.61 Å². The van der Waals surface area contributed by atoms with Gasteiger partial charge in [0, 0.05) is 11.8 Å². The van der Waals surface area contributed by atoms with Gasteiger partial charge in [0.1, 0.15) is 11.4 Å². The van der Waals surface area contributed by atoms with Gasteiger partial charge < -0.3 is 14.1 Å². The molecular weight excluding hydrogens is 326 g/mol. The van der Waals surface area contributed by atoms with E-state index >= 15 is 0 Å². The molecule has 0 unspecified atom stereocenters. The van der Waals surface area contributed by atoms with Crippen LogP contribution in [0.25, 0.3) is 11.6 Å². The molecule has 24 heavy (non-hydrogen) atoms. The first-order valence-electron chi connectivity index (χ1n) is 7.58. The van der Waals surface area contributed by atoms with E-state index in [-0.39, 0.29) is 11.0 Å². The van der Waals surface area contributed by atoms with Crippen LogP contribution in [0, 0.1) is 0 Å². The highest BCUT2D eigenvalue weighted by atomic mass is 32.2. The van der Waals surface area contributed by atoms with Crippen LogP contribution >= 0.6 is 11.8 Å². The first-order valence-corrected chi connectivity index (χ1v) is 8.46. The molecule has 7 heteroatoms. The Labute approximate surface area is 143 Å². The Hall–Kier alpha value is -2.54. The fourth-order valence-corrected chi connectivity index (χ4v) is 2.91. The van der Waals surface area contributed by atoms with Gasteiger partial charge in [-0.3, -0.25) is 4.79 Å². The molecule has 0 aliphatic carbocycles. The molecule has 1 atom stereocenters. The number of H-pyrrole nitrogens is 1. The smallest absolute Gasteiger partial charge is 0.277 e.